The Morgan fingerprint density at radius 2 is 1.42 bits per heavy atom. The van der Waals surface area contributed by atoms with E-state index in [1.807, 2.05) is 36.4 Å². The number of hydrogen-bond donors (Lipinski definition) is 1. The van der Waals surface area contributed by atoms with Gasteiger partial charge in [0.15, 0.2) is 11.6 Å². The van der Waals surface area contributed by atoms with Gasteiger partial charge < -0.3 is 5.32 Å². The Labute approximate surface area is 151 Å². The lowest BCUT2D eigenvalue weighted by atomic mass is 9.77. The number of nitrogens with one attached hydrogen (secondary N) is 1. The van der Waals surface area contributed by atoms with E-state index in [9.17, 15) is 9.59 Å². The molecule has 126 valence electrons. The minimum Gasteiger partial charge on any atom is -0.384 e. The van der Waals surface area contributed by atoms with Crippen molar-refractivity contribution in [3.8, 4) is 0 Å². The molecule has 5 rings (SSSR count). The Balaban J connectivity index is 1.72. The molecule has 0 amide bonds. The van der Waals surface area contributed by atoms with Crippen molar-refractivity contribution in [2.24, 2.45) is 0 Å². The summed E-state index contributed by atoms with van der Waals surface area (Å²) < 4.78 is 0. The third kappa shape index (κ3) is 2.07. The number of rotatable bonds is 1. The molecule has 0 saturated heterocycles. The molecule has 3 aromatic rings. The van der Waals surface area contributed by atoms with Gasteiger partial charge in [-0.05, 0) is 23.6 Å². The van der Waals surface area contributed by atoms with E-state index < -0.39 is 0 Å². The fourth-order valence-electron chi connectivity index (χ4n) is 4.21. The minimum atomic E-state index is -0.0679. The summed E-state index contributed by atoms with van der Waals surface area (Å²) >= 11 is 0. The molecule has 1 heterocycles. The number of carbonyl (C=O) groups excluding carboxylic acids is 2. The van der Waals surface area contributed by atoms with Gasteiger partial charge in [0.05, 0.1) is 5.56 Å². The maximum atomic E-state index is 13.2. The van der Waals surface area contributed by atoms with Gasteiger partial charge in [-0.25, -0.2) is 0 Å². The van der Waals surface area contributed by atoms with E-state index in [-0.39, 0.29) is 17.5 Å². The summed E-state index contributed by atoms with van der Waals surface area (Å²) in [4.78, 5) is 26.1. The molecular formula is C23H17NO2. The van der Waals surface area contributed by atoms with Crippen LogP contribution in [0, 0.1) is 0 Å². The summed E-state index contributed by atoms with van der Waals surface area (Å²) in [6.45, 7) is 0.784. The first-order valence-corrected chi connectivity index (χ1v) is 8.90. The van der Waals surface area contributed by atoms with E-state index in [4.69, 9.17) is 0 Å². The monoisotopic (exact) mass is 339 g/mol. The molecule has 26 heavy (non-hydrogen) atoms. The summed E-state index contributed by atoms with van der Waals surface area (Å²) in [5.74, 6) is 0.104. The number of fused-ring (bicyclic) bond motifs is 4. The lowest BCUT2D eigenvalue weighted by molar-refractivity contribution is 0.0979. The molecule has 0 saturated carbocycles. The number of hydrogen-bond acceptors (Lipinski definition) is 3. The van der Waals surface area contributed by atoms with Crippen LogP contribution in [-0.2, 0) is 0 Å². The summed E-state index contributed by atoms with van der Waals surface area (Å²) in [7, 11) is 0. The van der Waals surface area contributed by atoms with Crippen molar-refractivity contribution >= 4 is 17.3 Å². The Bertz CT molecular complexity index is 1050. The first kappa shape index (κ1) is 15.1. The molecule has 1 unspecified atom stereocenters. The highest BCUT2D eigenvalue weighted by molar-refractivity contribution is 6.30. The molecule has 3 nitrogen and oxygen atoms in total. The van der Waals surface area contributed by atoms with Crippen molar-refractivity contribution in [3.05, 3.63) is 100 Å². The first-order chi connectivity index (χ1) is 12.8. The molecular weight excluding hydrogens is 322 g/mol. The molecule has 0 fully saturated rings. The number of benzene rings is 3. The van der Waals surface area contributed by atoms with Crippen LogP contribution in [0.15, 0.2) is 66.7 Å². The van der Waals surface area contributed by atoms with Crippen LogP contribution in [0.1, 0.15) is 55.3 Å². The van der Waals surface area contributed by atoms with Gasteiger partial charge in [-0.15, -0.1) is 0 Å². The molecule has 0 spiro atoms. The number of anilines is 1. The van der Waals surface area contributed by atoms with Crippen LogP contribution in [0.25, 0.3) is 0 Å². The van der Waals surface area contributed by atoms with Gasteiger partial charge in [0.2, 0.25) is 0 Å². The van der Waals surface area contributed by atoms with Crippen molar-refractivity contribution in [1.82, 2.24) is 0 Å². The van der Waals surface area contributed by atoms with Gasteiger partial charge in [0.25, 0.3) is 0 Å². The molecule has 3 aromatic carbocycles. The topological polar surface area (TPSA) is 46.2 Å². The van der Waals surface area contributed by atoms with E-state index in [2.05, 4.69) is 17.4 Å². The first-order valence-electron chi connectivity index (χ1n) is 8.90. The molecule has 0 bridgehead atoms. The van der Waals surface area contributed by atoms with E-state index in [0.717, 1.165) is 24.2 Å². The second kappa shape index (κ2) is 5.67. The zero-order chi connectivity index (χ0) is 17.7. The second-order valence-electron chi connectivity index (χ2n) is 6.83. The van der Waals surface area contributed by atoms with Crippen molar-refractivity contribution in [3.63, 3.8) is 0 Å². The Hall–Kier alpha value is -3.20. The minimum absolute atomic E-state index is 0.0618. The van der Waals surface area contributed by atoms with Gasteiger partial charge in [-0.3, -0.25) is 9.59 Å². The van der Waals surface area contributed by atoms with Crippen LogP contribution in [0.3, 0.4) is 0 Å². The average Bonchev–Trinajstić information content (AvgIpc) is 2.71. The van der Waals surface area contributed by atoms with Crippen LogP contribution < -0.4 is 5.32 Å². The lowest BCUT2D eigenvalue weighted by Crippen LogP contribution is -2.26. The Morgan fingerprint density at radius 1 is 0.731 bits per heavy atom. The van der Waals surface area contributed by atoms with E-state index in [1.54, 1.807) is 18.2 Å². The van der Waals surface area contributed by atoms with E-state index in [1.165, 1.54) is 5.56 Å². The summed E-state index contributed by atoms with van der Waals surface area (Å²) in [6, 6.07) is 21.3. The molecule has 1 aliphatic carbocycles. The second-order valence-corrected chi connectivity index (χ2v) is 6.83. The summed E-state index contributed by atoms with van der Waals surface area (Å²) in [5.41, 5.74) is 5.21. The van der Waals surface area contributed by atoms with Crippen molar-refractivity contribution in [2.75, 3.05) is 11.9 Å². The van der Waals surface area contributed by atoms with Gasteiger partial charge in [0.1, 0.15) is 0 Å². The van der Waals surface area contributed by atoms with Crippen LogP contribution in [0.4, 0.5) is 5.69 Å². The Morgan fingerprint density at radius 3 is 2.19 bits per heavy atom. The Kier molecular flexibility index (Phi) is 3.29. The lowest BCUT2D eigenvalue weighted by Gasteiger charge is -2.31. The van der Waals surface area contributed by atoms with Gasteiger partial charge in [-0.2, -0.15) is 0 Å². The van der Waals surface area contributed by atoms with E-state index >= 15 is 0 Å². The predicted molar refractivity (Wildman–Crippen MR) is 101 cm³/mol. The molecule has 1 aliphatic heterocycles. The largest absolute Gasteiger partial charge is 0.384 e. The molecule has 3 heteroatoms. The average molecular weight is 339 g/mol. The van der Waals surface area contributed by atoms with Gasteiger partial charge in [-0.1, -0.05) is 60.7 Å². The van der Waals surface area contributed by atoms with Gasteiger partial charge >= 0.3 is 0 Å². The highest BCUT2D eigenvalue weighted by Crippen LogP contribution is 2.42. The smallest absolute Gasteiger partial charge is 0.196 e. The highest BCUT2D eigenvalue weighted by atomic mass is 16.1. The maximum Gasteiger partial charge on any atom is 0.196 e. The standard InChI is InChI=1S/C23H17NO2/c25-22-17-8-4-5-9-18(17)23(26)20-19(22)11-10-16-15(12-13-24-21(16)20)14-6-2-1-3-7-14/h1-11,15,24H,12-13H2. The zero-order valence-electron chi connectivity index (χ0n) is 14.2. The van der Waals surface area contributed by atoms with Crippen LogP contribution >= 0.6 is 0 Å². The molecule has 1 atom stereocenters. The maximum absolute atomic E-state index is 13.2. The van der Waals surface area contributed by atoms with Crippen molar-refractivity contribution in [2.45, 2.75) is 12.3 Å². The number of carbonyl (C=O) groups is 2. The zero-order valence-corrected chi connectivity index (χ0v) is 14.2. The molecule has 2 aliphatic rings. The summed E-state index contributed by atoms with van der Waals surface area (Å²) in [5, 5.41) is 3.40. The highest BCUT2D eigenvalue weighted by Gasteiger charge is 2.35. The molecule has 0 radical (unpaired) electrons. The van der Waals surface area contributed by atoms with Gasteiger partial charge in [0, 0.05) is 34.8 Å². The fraction of sp³-hybridized carbons (Fsp3) is 0.130. The normalized spacial score (nSPS) is 17.8. The quantitative estimate of drug-likeness (QED) is 0.559. The SMILES string of the molecule is O=C1c2ccccc2C(=O)c2c1ccc1c2NCCC1c1ccccc1. The number of ketones is 2. The van der Waals surface area contributed by atoms with Crippen molar-refractivity contribution in [1.29, 1.82) is 0 Å². The summed E-state index contributed by atoms with van der Waals surface area (Å²) in [6.07, 6.45) is 0.967. The van der Waals surface area contributed by atoms with Crippen LogP contribution in [-0.4, -0.2) is 18.1 Å². The molecule has 1 N–H and O–H groups in total. The third-order valence-corrected chi connectivity index (χ3v) is 5.44. The van der Waals surface area contributed by atoms with Crippen LogP contribution in [0.5, 0.6) is 0 Å². The molecule has 0 aromatic heterocycles. The van der Waals surface area contributed by atoms with Crippen LogP contribution in [0.2, 0.25) is 0 Å². The predicted octanol–water partition coefficient (Wildman–Crippen LogP) is 4.41. The van der Waals surface area contributed by atoms with E-state index in [0.29, 0.717) is 22.3 Å². The fourth-order valence-corrected chi connectivity index (χ4v) is 4.21. The van der Waals surface area contributed by atoms with Crippen molar-refractivity contribution < 1.29 is 9.59 Å². The third-order valence-electron chi connectivity index (χ3n) is 5.44.